The SMILES string of the molecule is Cc1ccc(C(=O)N(CCN(C)C)CC(C)C)cc1O. The zero-order valence-corrected chi connectivity index (χ0v) is 13.2. The number of aromatic hydroxyl groups is 1. The molecule has 4 heteroatoms. The highest BCUT2D eigenvalue weighted by molar-refractivity contribution is 5.94. The van der Waals surface area contributed by atoms with Crippen LogP contribution in [-0.2, 0) is 0 Å². The standard InChI is InChI=1S/C16H26N2O2/c1-12(2)11-18(9-8-17(4)5)16(20)14-7-6-13(3)15(19)10-14/h6-7,10,12,19H,8-9,11H2,1-5H3. The number of amides is 1. The molecule has 0 bridgehead atoms. The number of hydrogen-bond acceptors (Lipinski definition) is 3. The molecule has 0 aliphatic carbocycles. The molecular formula is C16H26N2O2. The Hall–Kier alpha value is -1.55. The van der Waals surface area contributed by atoms with Crippen LogP contribution in [0.4, 0.5) is 0 Å². The predicted molar refractivity (Wildman–Crippen MR) is 82.1 cm³/mol. The number of nitrogens with zero attached hydrogens (tertiary/aromatic N) is 2. The molecule has 1 N–H and O–H groups in total. The fourth-order valence-electron chi connectivity index (χ4n) is 1.96. The van der Waals surface area contributed by atoms with Crippen LogP contribution >= 0.6 is 0 Å². The molecule has 0 aromatic heterocycles. The van der Waals surface area contributed by atoms with Crippen molar-refractivity contribution in [2.24, 2.45) is 5.92 Å². The van der Waals surface area contributed by atoms with Gasteiger partial charge < -0.3 is 14.9 Å². The van der Waals surface area contributed by atoms with Crippen molar-refractivity contribution in [1.29, 1.82) is 0 Å². The molecule has 112 valence electrons. The molecule has 0 radical (unpaired) electrons. The third-order valence-electron chi connectivity index (χ3n) is 3.15. The van der Waals surface area contributed by atoms with Gasteiger partial charge in [0.15, 0.2) is 0 Å². The van der Waals surface area contributed by atoms with Gasteiger partial charge in [-0.3, -0.25) is 4.79 Å². The summed E-state index contributed by atoms with van der Waals surface area (Å²) < 4.78 is 0. The first kappa shape index (κ1) is 16.5. The van der Waals surface area contributed by atoms with E-state index in [1.165, 1.54) is 0 Å². The Morgan fingerprint density at radius 1 is 1.25 bits per heavy atom. The number of carbonyl (C=O) groups excluding carboxylic acids is 1. The highest BCUT2D eigenvalue weighted by atomic mass is 16.3. The largest absolute Gasteiger partial charge is 0.508 e. The van der Waals surface area contributed by atoms with Crippen LogP contribution < -0.4 is 0 Å². The van der Waals surface area contributed by atoms with Crippen molar-refractivity contribution in [3.63, 3.8) is 0 Å². The average molecular weight is 278 g/mol. The molecule has 0 unspecified atom stereocenters. The van der Waals surface area contributed by atoms with Gasteiger partial charge in [-0.05, 0) is 44.6 Å². The normalized spacial score (nSPS) is 11.2. The molecule has 0 fully saturated rings. The van der Waals surface area contributed by atoms with Crippen molar-refractivity contribution >= 4 is 5.91 Å². The van der Waals surface area contributed by atoms with E-state index in [4.69, 9.17) is 0 Å². The van der Waals surface area contributed by atoms with E-state index in [1.54, 1.807) is 18.2 Å². The highest BCUT2D eigenvalue weighted by Crippen LogP contribution is 2.19. The van der Waals surface area contributed by atoms with Crippen LogP contribution in [0.25, 0.3) is 0 Å². The number of carbonyl (C=O) groups is 1. The van der Waals surface area contributed by atoms with Crippen LogP contribution in [0.2, 0.25) is 0 Å². The van der Waals surface area contributed by atoms with E-state index in [9.17, 15) is 9.90 Å². The Balaban J connectivity index is 2.87. The molecule has 0 atom stereocenters. The fraction of sp³-hybridized carbons (Fsp3) is 0.562. The summed E-state index contributed by atoms with van der Waals surface area (Å²) in [4.78, 5) is 16.5. The van der Waals surface area contributed by atoms with Crippen LogP contribution in [0.1, 0.15) is 29.8 Å². The van der Waals surface area contributed by atoms with Crippen molar-refractivity contribution < 1.29 is 9.90 Å². The second kappa shape index (κ2) is 7.29. The minimum absolute atomic E-state index is 0.0177. The van der Waals surface area contributed by atoms with Crippen LogP contribution in [0.15, 0.2) is 18.2 Å². The zero-order chi connectivity index (χ0) is 15.3. The number of phenols is 1. The lowest BCUT2D eigenvalue weighted by atomic mass is 10.1. The number of rotatable bonds is 6. The lowest BCUT2D eigenvalue weighted by Gasteiger charge is -2.26. The quantitative estimate of drug-likeness (QED) is 0.868. The van der Waals surface area contributed by atoms with Crippen molar-refractivity contribution in [3.05, 3.63) is 29.3 Å². The van der Waals surface area contributed by atoms with E-state index < -0.39 is 0 Å². The Bertz CT molecular complexity index is 456. The molecule has 1 rings (SSSR count). The molecule has 4 nitrogen and oxygen atoms in total. The van der Waals surface area contributed by atoms with Gasteiger partial charge >= 0.3 is 0 Å². The third-order valence-corrected chi connectivity index (χ3v) is 3.15. The molecule has 1 aromatic carbocycles. The second-order valence-electron chi connectivity index (χ2n) is 5.95. The smallest absolute Gasteiger partial charge is 0.254 e. The maximum absolute atomic E-state index is 12.6. The predicted octanol–water partition coefficient (Wildman–Crippen LogP) is 2.36. The minimum Gasteiger partial charge on any atom is -0.508 e. The number of likely N-dealkylation sites (N-methyl/N-ethyl adjacent to an activating group) is 1. The monoisotopic (exact) mass is 278 g/mol. The van der Waals surface area contributed by atoms with E-state index in [-0.39, 0.29) is 11.7 Å². The number of aryl methyl sites for hydroxylation is 1. The molecule has 1 aromatic rings. The molecule has 20 heavy (non-hydrogen) atoms. The number of hydrogen-bond donors (Lipinski definition) is 1. The molecule has 1 amide bonds. The van der Waals surface area contributed by atoms with E-state index in [2.05, 4.69) is 18.7 Å². The second-order valence-corrected chi connectivity index (χ2v) is 5.95. The van der Waals surface area contributed by atoms with Crippen molar-refractivity contribution in [2.45, 2.75) is 20.8 Å². The summed E-state index contributed by atoms with van der Waals surface area (Å²) in [6.45, 7) is 8.27. The summed E-state index contributed by atoms with van der Waals surface area (Å²) in [5.41, 5.74) is 1.33. The van der Waals surface area contributed by atoms with E-state index in [0.717, 1.165) is 18.7 Å². The van der Waals surface area contributed by atoms with Gasteiger partial charge in [-0.15, -0.1) is 0 Å². The Morgan fingerprint density at radius 3 is 2.40 bits per heavy atom. The summed E-state index contributed by atoms with van der Waals surface area (Å²) in [5, 5.41) is 9.75. The summed E-state index contributed by atoms with van der Waals surface area (Å²) in [5.74, 6) is 0.573. The Labute approximate surface area is 122 Å². The molecule has 0 heterocycles. The molecule has 0 aliphatic heterocycles. The summed E-state index contributed by atoms with van der Waals surface area (Å²) in [7, 11) is 3.99. The van der Waals surface area contributed by atoms with Crippen molar-refractivity contribution in [1.82, 2.24) is 9.80 Å². The summed E-state index contributed by atoms with van der Waals surface area (Å²) in [6.07, 6.45) is 0. The molecule has 0 saturated heterocycles. The van der Waals surface area contributed by atoms with Gasteiger partial charge in [0.25, 0.3) is 5.91 Å². The molecule has 0 spiro atoms. The van der Waals surface area contributed by atoms with Gasteiger partial charge in [0.2, 0.25) is 0 Å². The van der Waals surface area contributed by atoms with Crippen LogP contribution in [-0.4, -0.2) is 54.5 Å². The van der Waals surface area contributed by atoms with Crippen LogP contribution in [0.3, 0.4) is 0 Å². The molecule has 0 saturated carbocycles. The van der Waals surface area contributed by atoms with Crippen molar-refractivity contribution in [3.8, 4) is 5.75 Å². The van der Waals surface area contributed by atoms with E-state index in [1.807, 2.05) is 25.9 Å². The first-order chi connectivity index (χ1) is 9.31. The maximum atomic E-state index is 12.6. The van der Waals surface area contributed by atoms with Gasteiger partial charge in [0.05, 0.1) is 0 Å². The van der Waals surface area contributed by atoms with Crippen molar-refractivity contribution in [2.75, 3.05) is 33.7 Å². The van der Waals surface area contributed by atoms with Crippen LogP contribution in [0, 0.1) is 12.8 Å². The van der Waals surface area contributed by atoms with Gasteiger partial charge in [0, 0.05) is 25.2 Å². The Morgan fingerprint density at radius 2 is 1.90 bits per heavy atom. The number of phenolic OH excluding ortho intramolecular Hbond substituents is 1. The average Bonchev–Trinajstić information content (AvgIpc) is 2.36. The first-order valence-corrected chi connectivity index (χ1v) is 7.05. The third kappa shape index (κ3) is 4.85. The van der Waals surface area contributed by atoms with E-state index in [0.29, 0.717) is 18.0 Å². The maximum Gasteiger partial charge on any atom is 0.254 e. The molecular weight excluding hydrogens is 252 g/mol. The van der Waals surface area contributed by atoms with Gasteiger partial charge in [-0.1, -0.05) is 19.9 Å². The number of benzene rings is 1. The van der Waals surface area contributed by atoms with Gasteiger partial charge in [-0.2, -0.15) is 0 Å². The van der Waals surface area contributed by atoms with Gasteiger partial charge in [0.1, 0.15) is 5.75 Å². The Kier molecular flexibility index (Phi) is 6.02. The van der Waals surface area contributed by atoms with E-state index >= 15 is 0 Å². The zero-order valence-electron chi connectivity index (χ0n) is 13.2. The topological polar surface area (TPSA) is 43.8 Å². The lowest BCUT2D eigenvalue weighted by molar-refractivity contribution is 0.0724. The summed E-state index contributed by atoms with van der Waals surface area (Å²) in [6, 6.07) is 5.11. The minimum atomic E-state index is -0.0177. The van der Waals surface area contributed by atoms with Crippen LogP contribution in [0.5, 0.6) is 5.75 Å². The highest BCUT2D eigenvalue weighted by Gasteiger charge is 2.17. The van der Waals surface area contributed by atoms with Gasteiger partial charge in [-0.25, -0.2) is 0 Å². The lowest BCUT2D eigenvalue weighted by Crippen LogP contribution is -2.39. The summed E-state index contributed by atoms with van der Waals surface area (Å²) >= 11 is 0. The first-order valence-electron chi connectivity index (χ1n) is 7.05. The fourth-order valence-corrected chi connectivity index (χ4v) is 1.96. The molecule has 0 aliphatic rings.